The average Bonchev–Trinajstić information content (AvgIpc) is 3.05. The van der Waals surface area contributed by atoms with E-state index in [1.165, 1.54) is 5.56 Å². The van der Waals surface area contributed by atoms with Crippen molar-refractivity contribution in [3.05, 3.63) is 69.7 Å². The van der Waals surface area contributed by atoms with Crippen molar-refractivity contribution in [2.75, 3.05) is 19.9 Å². The van der Waals surface area contributed by atoms with Gasteiger partial charge in [0, 0.05) is 13.0 Å². The van der Waals surface area contributed by atoms with Gasteiger partial charge in [-0.3, -0.25) is 5.32 Å². The molecule has 122 valence electrons. The Morgan fingerprint density at radius 1 is 1.09 bits per heavy atom. The van der Waals surface area contributed by atoms with Crippen LogP contribution in [0.4, 0.5) is 0 Å². The summed E-state index contributed by atoms with van der Waals surface area (Å²) < 4.78 is 11.8. The summed E-state index contributed by atoms with van der Waals surface area (Å²) in [5.41, 5.74) is 1.78. The largest absolute Gasteiger partial charge is 0.377 e. The maximum atomic E-state index is 6.16. The number of rotatable bonds is 6. The van der Waals surface area contributed by atoms with Gasteiger partial charge in [0.15, 0.2) is 0 Å². The van der Waals surface area contributed by atoms with Crippen molar-refractivity contribution in [2.45, 2.75) is 18.6 Å². The van der Waals surface area contributed by atoms with Crippen molar-refractivity contribution < 1.29 is 9.47 Å². The Morgan fingerprint density at radius 3 is 2.61 bits per heavy atom. The number of halogens is 2. The van der Waals surface area contributed by atoms with Crippen LogP contribution in [0.25, 0.3) is 0 Å². The van der Waals surface area contributed by atoms with Crippen LogP contribution in [0.5, 0.6) is 0 Å². The van der Waals surface area contributed by atoms with Gasteiger partial charge in [-0.25, -0.2) is 0 Å². The third-order valence-corrected chi connectivity index (χ3v) is 4.81. The normalized spacial score (nSPS) is 20.8. The maximum Gasteiger partial charge on any atom is 0.110 e. The first-order valence-corrected chi connectivity index (χ1v) is 8.37. The van der Waals surface area contributed by atoms with Gasteiger partial charge in [0.1, 0.15) is 5.60 Å². The Kier molecular flexibility index (Phi) is 5.57. The Morgan fingerprint density at radius 2 is 1.91 bits per heavy atom. The zero-order valence-corrected chi connectivity index (χ0v) is 14.2. The molecule has 1 atom stereocenters. The van der Waals surface area contributed by atoms with Crippen LogP contribution < -0.4 is 5.32 Å². The Bertz CT molecular complexity index is 643. The molecule has 2 aromatic rings. The van der Waals surface area contributed by atoms with E-state index in [0.717, 1.165) is 18.5 Å². The molecule has 1 heterocycles. The molecule has 0 amide bonds. The van der Waals surface area contributed by atoms with E-state index in [1.807, 2.05) is 36.4 Å². The third-order valence-electron chi connectivity index (χ3n) is 4.07. The van der Waals surface area contributed by atoms with E-state index < -0.39 is 5.60 Å². The fraction of sp³-hybridized carbons (Fsp3) is 0.333. The van der Waals surface area contributed by atoms with Crippen LogP contribution in [0, 0.1) is 0 Å². The Balaban J connectivity index is 1.63. The van der Waals surface area contributed by atoms with Gasteiger partial charge in [-0.1, -0.05) is 59.6 Å². The molecule has 0 aromatic heterocycles. The molecule has 0 bridgehead atoms. The molecule has 3 rings (SSSR count). The molecule has 0 radical (unpaired) electrons. The Labute approximate surface area is 146 Å². The standard InChI is InChI=1S/C18H19Cl2NO2/c19-16-7-6-15(10-17(16)20)18(12-21-13-23-18)8-9-22-11-14-4-2-1-3-5-14/h1-7,10,21H,8-9,11-13H2. The number of hydrogen-bond acceptors (Lipinski definition) is 3. The van der Waals surface area contributed by atoms with E-state index in [-0.39, 0.29) is 0 Å². The van der Waals surface area contributed by atoms with Gasteiger partial charge in [0.2, 0.25) is 0 Å². The molecule has 1 aliphatic heterocycles. The predicted molar refractivity (Wildman–Crippen MR) is 92.8 cm³/mol. The summed E-state index contributed by atoms with van der Waals surface area (Å²) in [6, 6.07) is 15.8. The monoisotopic (exact) mass is 351 g/mol. The molecule has 1 aliphatic rings. The second kappa shape index (κ2) is 7.65. The molecule has 1 unspecified atom stereocenters. The average molecular weight is 352 g/mol. The fourth-order valence-electron chi connectivity index (χ4n) is 2.76. The molecule has 1 saturated heterocycles. The summed E-state index contributed by atoms with van der Waals surface area (Å²) in [5, 5.41) is 4.35. The lowest BCUT2D eigenvalue weighted by Gasteiger charge is -2.28. The molecule has 3 nitrogen and oxygen atoms in total. The third kappa shape index (κ3) is 4.06. The van der Waals surface area contributed by atoms with Crippen molar-refractivity contribution in [1.29, 1.82) is 0 Å². The van der Waals surface area contributed by atoms with Crippen LogP contribution >= 0.6 is 23.2 Å². The first-order chi connectivity index (χ1) is 11.2. The molecule has 0 spiro atoms. The minimum atomic E-state index is -0.412. The molecule has 1 N–H and O–H groups in total. The molecule has 0 aliphatic carbocycles. The lowest BCUT2D eigenvalue weighted by Crippen LogP contribution is -2.32. The lowest BCUT2D eigenvalue weighted by atomic mass is 9.91. The summed E-state index contributed by atoms with van der Waals surface area (Å²) in [6.45, 7) is 2.47. The summed E-state index contributed by atoms with van der Waals surface area (Å²) in [6.07, 6.45) is 0.755. The second-order valence-corrected chi connectivity index (χ2v) is 6.44. The molecular formula is C18H19Cl2NO2. The molecular weight excluding hydrogens is 333 g/mol. The van der Waals surface area contributed by atoms with Crippen molar-refractivity contribution >= 4 is 23.2 Å². The number of ether oxygens (including phenoxy) is 2. The first kappa shape index (κ1) is 16.7. The van der Waals surface area contributed by atoms with E-state index in [1.54, 1.807) is 0 Å². The SMILES string of the molecule is Clc1ccc(C2(CCOCc3ccccc3)CNCO2)cc1Cl. The Hall–Kier alpha value is -1.10. The van der Waals surface area contributed by atoms with Crippen LogP contribution in [0.15, 0.2) is 48.5 Å². The second-order valence-electron chi connectivity index (χ2n) is 5.63. The van der Waals surface area contributed by atoms with Gasteiger partial charge in [0.05, 0.1) is 30.0 Å². The van der Waals surface area contributed by atoms with Gasteiger partial charge in [-0.05, 0) is 23.3 Å². The van der Waals surface area contributed by atoms with E-state index >= 15 is 0 Å². The molecule has 23 heavy (non-hydrogen) atoms. The predicted octanol–water partition coefficient (Wildman–Crippen LogP) is 4.37. The zero-order chi connectivity index (χ0) is 16.1. The summed E-state index contributed by atoms with van der Waals surface area (Å²) >= 11 is 12.2. The minimum absolute atomic E-state index is 0.412. The van der Waals surface area contributed by atoms with Crippen LogP contribution in [-0.4, -0.2) is 19.9 Å². The quantitative estimate of drug-likeness (QED) is 0.783. The van der Waals surface area contributed by atoms with Crippen LogP contribution in [0.3, 0.4) is 0 Å². The van der Waals surface area contributed by atoms with Crippen LogP contribution in [-0.2, 0) is 21.7 Å². The highest BCUT2D eigenvalue weighted by molar-refractivity contribution is 6.42. The van der Waals surface area contributed by atoms with Crippen LogP contribution in [0.1, 0.15) is 17.5 Å². The van der Waals surface area contributed by atoms with E-state index in [4.69, 9.17) is 32.7 Å². The molecule has 1 fully saturated rings. The van der Waals surface area contributed by atoms with Crippen molar-refractivity contribution in [3.8, 4) is 0 Å². The van der Waals surface area contributed by atoms with Gasteiger partial charge in [-0.15, -0.1) is 0 Å². The minimum Gasteiger partial charge on any atom is -0.377 e. The smallest absolute Gasteiger partial charge is 0.110 e. The van der Waals surface area contributed by atoms with Gasteiger partial charge < -0.3 is 9.47 Å². The van der Waals surface area contributed by atoms with Crippen molar-refractivity contribution in [3.63, 3.8) is 0 Å². The molecule has 5 heteroatoms. The summed E-state index contributed by atoms with van der Waals surface area (Å²) in [7, 11) is 0. The number of nitrogens with one attached hydrogen (secondary N) is 1. The highest BCUT2D eigenvalue weighted by Crippen LogP contribution is 2.35. The first-order valence-electron chi connectivity index (χ1n) is 7.61. The van der Waals surface area contributed by atoms with Gasteiger partial charge >= 0.3 is 0 Å². The topological polar surface area (TPSA) is 30.5 Å². The van der Waals surface area contributed by atoms with Crippen molar-refractivity contribution in [1.82, 2.24) is 5.32 Å². The lowest BCUT2D eigenvalue weighted by molar-refractivity contribution is -0.0247. The molecule has 0 saturated carbocycles. The van der Waals surface area contributed by atoms with Crippen molar-refractivity contribution in [2.24, 2.45) is 0 Å². The fourth-order valence-corrected chi connectivity index (χ4v) is 3.06. The van der Waals surface area contributed by atoms with Gasteiger partial charge in [-0.2, -0.15) is 0 Å². The number of benzene rings is 2. The van der Waals surface area contributed by atoms with E-state index in [9.17, 15) is 0 Å². The number of hydrogen-bond donors (Lipinski definition) is 1. The van der Waals surface area contributed by atoms with E-state index in [0.29, 0.717) is 30.0 Å². The zero-order valence-electron chi connectivity index (χ0n) is 12.7. The molecule has 2 aromatic carbocycles. The highest BCUT2D eigenvalue weighted by atomic mass is 35.5. The maximum absolute atomic E-state index is 6.16. The van der Waals surface area contributed by atoms with Crippen LogP contribution in [0.2, 0.25) is 10.0 Å². The highest BCUT2D eigenvalue weighted by Gasteiger charge is 2.37. The van der Waals surface area contributed by atoms with Gasteiger partial charge in [0.25, 0.3) is 0 Å². The van der Waals surface area contributed by atoms with E-state index in [2.05, 4.69) is 17.4 Å². The summed E-state index contributed by atoms with van der Waals surface area (Å²) in [4.78, 5) is 0. The summed E-state index contributed by atoms with van der Waals surface area (Å²) in [5.74, 6) is 0.